The second-order valence-electron chi connectivity index (χ2n) is 6.71. The van der Waals surface area contributed by atoms with Crippen molar-refractivity contribution in [2.45, 2.75) is 0 Å². The zero-order valence-corrected chi connectivity index (χ0v) is 13.6. The Labute approximate surface area is 147 Å². The van der Waals surface area contributed by atoms with Crippen LogP contribution in [-0.4, -0.2) is 10.9 Å². The highest BCUT2D eigenvalue weighted by Gasteiger charge is 2.17. The molecule has 122 valence electrons. The first kappa shape index (κ1) is 13.7. The van der Waals surface area contributed by atoms with Gasteiger partial charge in [0.1, 0.15) is 16.9 Å². The molecule has 0 bridgehead atoms. The fourth-order valence-corrected chi connectivity index (χ4v) is 4.18. The SMILES string of the molecule is O=C1C=Cc2ccc3c(c2=C1)=c1c(O)cc2oc4ccccc4c2c1=C3. The number of furan rings is 1. The first-order chi connectivity index (χ1) is 12.7. The van der Waals surface area contributed by atoms with E-state index in [2.05, 4.69) is 6.08 Å². The third kappa shape index (κ3) is 1.60. The van der Waals surface area contributed by atoms with Gasteiger partial charge < -0.3 is 9.52 Å². The van der Waals surface area contributed by atoms with Gasteiger partial charge in [-0.1, -0.05) is 36.4 Å². The van der Waals surface area contributed by atoms with Gasteiger partial charge in [-0.25, -0.2) is 0 Å². The van der Waals surface area contributed by atoms with Crippen molar-refractivity contribution >= 4 is 45.9 Å². The second kappa shape index (κ2) is 4.52. The van der Waals surface area contributed by atoms with E-state index in [0.717, 1.165) is 48.4 Å². The molecule has 0 amide bonds. The number of ketones is 1. The first-order valence-corrected chi connectivity index (χ1v) is 8.47. The highest BCUT2D eigenvalue weighted by atomic mass is 16.3. The lowest BCUT2D eigenvalue weighted by atomic mass is 10.00. The molecule has 0 radical (unpaired) electrons. The molecule has 2 aliphatic rings. The van der Waals surface area contributed by atoms with Gasteiger partial charge >= 0.3 is 0 Å². The molecular formula is C23H12O3. The summed E-state index contributed by atoms with van der Waals surface area (Å²) in [7, 11) is 0. The van der Waals surface area contributed by atoms with Gasteiger partial charge in [-0.3, -0.25) is 4.79 Å². The number of hydrogen-bond acceptors (Lipinski definition) is 3. The molecule has 3 aromatic carbocycles. The maximum absolute atomic E-state index is 11.9. The van der Waals surface area contributed by atoms with Crippen molar-refractivity contribution in [2.24, 2.45) is 0 Å². The van der Waals surface area contributed by atoms with E-state index < -0.39 is 0 Å². The summed E-state index contributed by atoms with van der Waals surface area (Å²) < 4.78 is 5.93. The number of carbonyl (C=O) groups excluding carboxylic acids is 1. The van der Waals surface area contributed by atoms with E-state index in [1.807, 2.05) is 42.5 Å². The molecule has 0 spiro atoms. The molecule has 2 aliphatic carbocycles. The Morgan fingerprint density at radius 2 is 1.65 bits per heavy atom. The van der Waals surface area contributed by atoms with Crippen molar-refractivity contribution in [3.05, 3.63) is 80.5 Å². The highest BCUT2D eigenvalue weighted by molar-refractivity contribution is 6.17. The van der Waals surface area contributed by atoms with Crippen LogP contribution in [0.5, 0.6) is 5.75 Å². The molecule has 0 saturated carbocycles. The summed E-state index contributed by atoms with van der Waals surface area (Å²) in [5.74, 6) is 0.138. The van der Waals surface area contributed by atoms with Crippen LogP contribution in [0.15, 0.2) is 53.0 Å². The molecule has 1 aromatic heterocycles. The predicted octanol–water partition coefficient (Wildman–Crippen LogP) is 3.10. The van der Waals surface area contributed by atoms with E-state index in [1.54, 1.807) is 18.2 Å². The Morgan fingerprint density at radius 1 is 0.808 bits per heavy atom. The number of phenols is 1. The van der Waals surface area contributed by atoms with Crippen LogP contribution < -0.4 is 10.4 Å². The monoisotopic (exact) mass is 336 g/mol. The van der Waals surface area contributed by atoms with Crippen LogP contribution in [0, 0.1) is 10.4 Å². The summed E-state index contributed by atoms with van der Waals surface area (Å²) in [6, 6.07) is 13.6. The van der Waals surface area contributed by atoms with Crippen LogP contribution in [0.2, 0.25) is 0 Å². The molecule has 4 aromatic rings. The Balaban J connectivity index is 1.98. The van der Waals surface area contributed by atoms with Crippen LogP contribution >= 0.6 is 0 Å². The van der Waals surface area contributed by atoms with Crippen molar-refractivity contribution < 1.29 is 14.3 Å². The van der Waals surface area contributed by atoms with Gasteiger partial charge in [0.2, 0.25) is 0 Å². The van der Waals surface area contributed by atoms with Crippen LogP contribution in [0.25, 0.3) is 40.2 Å². The van der Waals surface area contributed by atoms with Crippen LogP contribution in [0.1, 0.15) is 11.1 Å². The number of benzene rings is 3. The third-order valence-electron chi connectivity index (χ3n) is 5.26. The number of hydrogen-bond donors (Lipinski definition) is 1. The molecular weight excluding hydrogens is 324 g/mol. The van der Waals surface area contributed by atoms with E-state index in [-0.39, 0.29) is 11.5 Å². The molecule has 3 heteroatoms. The summed E-state index contributed by atoms with van der Waals surface area (Å²) in [6.07, 6.45) is 7.12. The van der Waals surface area contributed by atoms with Crippen molar-refractivity contribution in [2.75, 3.05) is 0 Å². The molecule has 0 saturated heterocycles. The van der Waals surface area contributed by atoms with Gasteiger partial charge in [0, 0.05) is 27.3 Å². The molecule has 1 heterocycles. The van der Waals surface area contributed by atoms with Crippen molar-refractivity contribution in [3.8, 4) is 5.75 Å². The Kier molecular flexibility index (Phi) is 2.38. The normalized spacial score (nSPS) is 14.1. The number of phenolic OH excluding ortho intramolecular Hbond substituents is 1. The number of carbonyl (C=O) groups is 1. The molecule has 0 unspecified atom stereocenters. The topological polar surface area (TPSA) is 50.4 Å². The number of fused-ring (bicyclic) bond motifs is 8. The van der Waals surface area contributed by atoms with Crippen LogP contribution in [0.3, 0.4) is 0 Å². The van der Waals surface area contributed by atoms with E-state index in [0.29, 0.717) is 5.58 Å². The fraction of sp³-hybridized carbons (Fsp3) is 0. The third-order valence-corrected chi connectivity index (χ3v) is 5.26. The lowest BCUT2D eigenvalue weighted by molar-refractivity contribution is -0.109. The summed E-state index contributed by atoms with van der Waals surface area (Å²) in [5.41, 5.74) is 3.46. The summed E-state index contributed by atoms with van der Waals surface area (Å²) in [4.78, 5) is 11.9. The zero-order chi connectivity index (χ0) is 17.4. The van der Waals surface area contributed by atoms with E-state index in [9.17, 15) is 9.90 Å². The molecule has 0 atom stereocenters. The summed E-state index contributed by atoms with van der Waals surface area (Å²) in [6.45, 7) is 0. The predicted molar refractivity (Wildman–Crippen MR) is 101 cm³/mol. The number of rotatable bonds is 0. The average Bonchev–Trinajstić information content (AvgIpc) is 3.19. The van der Waals surface area contributed by atoms with E-state index in [4.69, 9.17) is 4.42 Å². The van der Waals surface area contributed by atoms with Crippen LogP contribution in [0.4, 0.5) is 0 Å². The summed E-state index contributed by atoms with van der Waals surface area (Å²) in [5, 5.41) is 16.3. The molecule has 3 nitrogen and oxygen atoms in total. The summed E-state index contributed by atoms with van der Waals surface area (Å²) >= 11 is 0. The highest BCUT2D eigenvalue weighted by Crippen LogP contribution is 2.30. The van der Waals surface area contributed by atoms with Crippen molar-refractivity contribution in [1.29, 1.82) is 0 Å². The maximum Gasteiger partial charge on any atom is 0.179 e. The Hall–Kier alpha value is -3.59. The van der Waals surface area contributed by atoms with Crippen molar-refractivity contribution in [1.82, 2.24) is 0 Å². The van der Waals surface area contributed by atoms with Gasteiger partial charge in [-0.05, 0) is 45.9 Å². The zero-order valence-electron chi connectivity index (χ0n) is 13.6. The molecule has 0 aliphatic heterocycles. The fourth-order valence-electron chi connectivity index (χ4n) is 4.18. The lowest BCUT2D eigenvalue weighted by Gasteiger charge is -2.04. The number of para-hydroxylation sites is 1. The van der Waals surface area contributed by atoms with Gasteiger partial charge in [-0.15, -0.1) is 0 Å². The smallest absolute Gasteiger partial charge is 0.179 e. The van der Waals surface area contributed by atoms with Crippen LogP contribution in [-0.2, 0) is 4.79 Å². The van der Waals surface area contributed by atoms with Gasteiger partial charge in [-0.2, -0.15) is 0 Å². The minimum atomic E-state index is -0.0336. The lowest BCUT2D eigenvalue weighted by Crippen LogP contribution is -2.15. The van der Waals surface area contributed by atoms with Crippen molar-refractivity contribution in [3.63, 3.8) is 0 Å². The van der Waals surface area contributed by atoms with Gasteiger partial charge in [0.15, 0.2) is 5.78 Å². The second-order valence-corrected chi connectivity index (χ2v) is 6.71. The first-order valence-electron chi connectivity index (χ1n) is 8.47. The quantitative estimate of drug-likeness (QED) is 0.473. The van der Waals surface area contributed by atoms with Gasteiger partial charge in [0.25, 0.3) is 0 Å². The van der Waals surface area contributed by atoms with Gasteiger partial charge in [0.05, 0.1) is 0 Å². The molecule has 26 heavy (non-hydrogen) atoms. The molecule has 1 N–H and O–H groups in total. The van der Waals surface area contributed by atoms with E-state index >= 15 is 0 Å². The maximum atomic E-state index is 11.9. The number of aromatic hydroxyl groups is 1. The molecule has 6 rings (SSSR count). The minimum Gasteiger partial charge on any atom is -0.507 e. The van der Waals surface area contributed by atoms with E-state index in [1.165, 1.54) is 0 Å². The Bertz CT molecular complexity index is 1550. The molecule has 0 fully saturated rings. The Morgan fingerprint density at radius 3 is 2.58 bits per heavy atom. The standard InChI is InChI=1S/C23H12O3/c24-14-8-7-12-5-6-13-9-17-22-15-3-1-2-4-19(15)26-20(22)11-18(25)23(17)21(13)16(12)10-14/h1-11,25H. The minimum absolute atomic E-state index is 0.0336. The largest absolute Gasteiger partial charge is 0.507 e. The number of allylic oxidation sites excluding steroid dienone is 1. The average molecular weight is 336 g/mol.